The quantitative estimate of drug-likeness (QED) is 0.739. The first-order valence-corrected chi connectivity index (χ1v) is 4.92. The molecule has 0 aromatic carbocycles. The third-order valence-corrected chi connectivity index (χ3v) is 2.85. The van der Waals surface area contributed by atoms with Gasteiger partial charge in [-0.3, -0.25) is 9.97 Å². The van der Waals surface area contributed by atoms with Gasteiger partial charge in [0.05, 0.1) is 11.9 Å². The number of hydrogen-bond acceptors (Lipinski definition) is 3. The van der Waals surface area contributed by atoms with Gasteiger partial charge in [-0.15, -0.1) is 0 Å². The van der Waals surface area contributed by atoms with Crippen molar-refractivity contribution in [2.24, 2.45) is 5.73 Å². The van der Waals surface area contributed by atoms with Crippen LogP contribution in [0.2, 0.25) is 0 Å². The Balaban J connectivity index is 2.17. The predicted molar refractivity (Wildman–Crippen MR) is 51.3 cm³/mol. The number of hydrogen-bond donors (Lipinski definition) is 1. The molecule has 0 saturated heterocycles. The molecule has 0 amide bonds. The Bertz CT molecular complexity index is 293. The lowest BCUT2D eigenvalue weighted by molar-refractivity contribution is 0.0925. The Kier molecular flexibility index (Phi) is 2.46. The van der Waals surface area contributed by atoms with Gasteiger partial charge in [0.1, 0.15) is 0 Å². The smallest absolute Gasteiger partial charge is 0.154 e. The van der Waals surface area contributed by atoms with E-state index in [1.807, 2.05) is 0 Å². The van der Waals surface area contributed by atoms with Crippen molar-refractivity contribution in [1.29, 1.82) is 0 Å². The van der Waals surface area contributed by atoms with Crippen molar-refractivity contribution in [3.8, 4) is 0 Å². The molecule has 1 fully saturated rings. The topological polar surface area (TPSA) is 51.8 Å². The zero-order valence-electron chi connectivity index (χ0n) is 7.99. The predicted octanol–water partition coefficient (Wildman–Crippen LogP) is 1.54. The largest absolute Gasteiger partial charge is 0.328 e. The number of alkyl halides is 1. The molecule has 1 saturated carbocycles. The summed E-state index contributed by atoms with van der Waals surface area (Å²) in [5.41, 5.74) is 4.88. The molecular formula is C10H14FN3. The number of nitrogens with two attached hydrogens (primary N) is 1. The van der Waals surface area contributed by atoms with E-state index >= 15 is 0 Å². The van der Waals surface area contributed by atoms with E-state index in [1.54, 1.807) is 6.20 Å². The van der Waals surface area contributed by atoms with Gasteiger partial charge in [0.15, 0.2) is 5.67 Å². The van der Waals surface area contributed by atoms with Gasteiger partial charge in [0.2, 0.25) is 0 Å². The molecule has 3 nitrogen and oxygen atoms in total. The second-order valence-corrected chi connectivity index (χ2v) is 3.89. The third-order valence-electron chi connectivity index (χ3n) is 2.85. The molecule has 0 atom stereocenters. The highest BCUT2D eigenvalue weighted by Gasteiger charge is 2.37. The molecule has 1 aliphatic carbocycles. The van der Waals surface area contributed by atoms with E-state index in [1.165, 1.54) is 12.4 Å². The van der Waals surface area contributed by atoms with Crippen molar-refractivity contribution in [2.45, 2.75) is 37.4 Å². The van der Waals surface area contributed by atoms with Gasteiger partial charge >= 0.3 is 0 Å². The van der Waals surface area contributed by atoms with Gasteiger partial charge < -0.3 is 5.73 Å². The summed E-state index contributed by atoms with van der Waals surface area (Å²) in [6.07, 6.45) is 6.99. The molecule has 1 heterocycles. The van der Waals surface area contributed by atoms with Crippen molar-refractivity contribution in [2.75, 3.05) is 0 Å². The maximum absolute atomic E-state index is 14.3. The fraction of sp³-hybridized carbons (Fsp3) is 0.600. The summed E-state index contributed by atoms with van der Waals surface area (Å²) < 4.78 is 14.3. The molecule has 0 spiro atoms. The summed E-state index contributed by atoms with van der Waals surface area (Å²) in [7, 11) is 0. The van der Waals surface area contributed by atoms with E-state index in [0.717, 1.165) is 12.8 Å². The van der Waals surface area contributed by atoms with Gasteiger partial charge in [0, 0.05) is 18.4 Å². The highest BCUT2D eigenvalue weighted by molar-refractivity contribution is 5.09. The van der Waals surface area contributed by atoms with Crippen molar-refractivity contribution >= 4 is 0 Å². The minimum absolute atomic E-state index is 0.149. The van der Waals surface area contributed by atoms with E-state index in [-0.39, 0.29) is 6.04 Å². The first-order chi connectivity index (χ1) is 6.71. The molecule has 76 valence electrons. The summed E-state index contributed by atoms with van der Waals surface area (Å²) >= 11 is 0. The van der Waals surface area contributed by atoms with Crippen LogP contribution in [0.3, 0.4) is 0 Å². The molecule has 1 aliphatic rings. The van der Waals surface area contributed by atoms with E-state index in [0.29, 0.717) is 18.5 Å². The number of rotatable bonds is 1. The maximum Gasteiger partial charge on any atom is 0.154 e. The summed E-state index contributed by atoms with van der Waals surface area (Å²) in [4.78, 5) is 7.91. The average molecular weight is 195 g/mol. The van der Waals surface area contributed by atoms with Crippen LogP contribution in [0.4, 0.5) is 4.39 Å². The van der Waals surface area contributed by atoms with E-state index in [2.05, 4.69) is 9.97 Å². The van der Waals surface area contributed by atoms with Crippen LogP contribution in [0.15, 0.2) is 18.6 Å². The van der Waals surface area contributed by atoms with Crippen molar-refractivity contribution in [3.05, 3.63) is 24.3 Å². The summed E-state index contributed by atoms with van der Waals surface area (Å²) in [6.45, 7) is 0. The van der Waals surface area contributed by atoms with Crippen LogP contribution in [0.25, 0.3) is 0 Å². The Morgan fingerprint density at radius 1 is 1.36 bits per heavy atom. The van der Waals surface area contributed by atoms with Crippen molar-refractivity contribution < 1.29 is 4.39 Å². The zero-order valence-corrected chi connectivity index (χ0v) is 7.99. The number of halogens is 1. The lowest BCUT2D eigenvalue weighted by atomic mass is 9.82. The summed E-state index contributed by atoms with van der Waals surface area (Å²) in [5.74, 6) is 0. The van der Waals surface area contributed by atoms with Crippen LogP contribution in [-0.2, 0) is 5.67 Å². The molecule has 1 aromatic rings. The maximum atomic E-state index is 14.3. The molecule has 4 heteroatoms. The highest BCUT2D eigenvalue weighted by atomic mass is 19.1. The monoisotopic (exact) mass is 195 g/mol. The molecular weight excluding hydrogens is 181 g/mol. The highest BCUT2D eigenvalue weighted by Crippen LogP contribution is 2.38. The molecule has 2 N–H and O–H groups in total. The van der Waals surface area contributed by atoms with Crippen LogP contribution in [-0.4, -0.2) is 16.0 Å². The van der Waals surface area contributed by atoms with Crippen LogP contribution in [0.1, 0.15) is 31.4 Å². The van der Waals surface area contributed by atoms with Crippen LogP contribution < -0.4 is 5.73 Å². The van der Waals surface area contributed by atoms with Crippen LogP contribution in [0, 0.1) is 0 Å². The fourth-order valence-electron chi connectivity index (χ4n) is 1.88. The summed E-state index contributed by atoms with van der Waals surface area (Å²) in [5, 5.41) is 0. The average Bonchev–Trinajstić information content (AvgIpc) is 2.24. The molecule has 14 heavy (non-hydrogen) atoms. The standard InChI is InChI=1S/C10H14FN3/c11-10(3-1-8(12)2-4-10)9-7-13-5-6-14-9/h5-8H,1-4,12H2. The lowest BCUT2D eigenvalue weighted by Crippen LogP contribution is -2.34. The molecule has 0 radical (unpaired) electrons. The second kappa shape index (κ2) is 3.61. The number of nitrogens with zero attached hydrogens (tertiary/aromatic N) is 2. The first-order valence-electron chi connectivity index (χ1n) is 4.92. The molecule has 0 unspecified atom stereocenters. The van der Waals surface area contributed by atoms with Crippen molar-refractivity contribution in [1.82, 2.24) is 9.97 Å². The second-order valence-electron chi connectivity index (χ2n) is 3.89. The van der Waals surface area contributed by atoms with E-state index < -0.39 is 5.67 Å². The Labute approximate surface area is 82.6 Å². The molecule has 0 aliphatic heterocycles. The van der Waals surface area contributed by atoms with Gasteiger partial charge in [-0.05, 0) is 25.7 Å². The fourth-order valence-corrected chi connectivity index (χ4v) is 1.88. The van der Waals surface area contributed by atoms with Crippen molar-refractivity contribution in [3.63, 3.8) is 0 Å². The van der Waals surface area contributed by atoms with Gasteiger partial charge in [0.25, 0.3) is 0 Å². The normalized spacial score (nSPS) is 32.9. The lowest BCUT2D eigenvalue weighted by Gasteiger charge is -2.31. The van der Waals surface area contributed by atoms with Crippen LogP contribution >= 0.6 is 0 Å². The zero-order chi connectivity index (χ0) is 10.0. The Hall–Kier alpha value is -1.03. The van der Waals surface area contributed by atoms with Crippen LogP contribution in [0.5, 0.6) is 0 Å². The number of aromatic nitrogens is 2. The van der Waals surface area contributed by atoms with Gasteiger partial charge in [-0.2, -0.15) is 0 Å². The van der Waals surface area contributed by atoms with Gasteiger partial charge in [-0.1, -0.05) is 0 Å². The molecule has 1 aromatic heterocycles. The third kappa shape index (κ3) is 1.75. The summed E-state index contributed by atoms with van der Waals surface area (Å²) in [6, 6.07) is 0.149. The van der Waals surface area contributed by atoms with E-state index in [4.69, 9.17) is 5.73 Å². The Morgan fingerprint density at radius 3 is 2.64 bits per heavy atom. The van der Waals surface area contributed by atoms with Gasteiger partial charge in [-0.25, -0.2) is 4.39 Å². The SMILES string of the molecule is NC1CCC(F)(c2cnccn2)CC1. The van der Waals surface area contributed by atoms with E-state index in [9.17, 15) is 4.39 Å². The minimum Gasteiger partial charge on any atom is -0.328 e. The first kappa shape index (κ1) is 9.52. The minimum atomic E-state index is -1.30. The Morgan fingerprint density at radius 2 is 2.07 bits per heavy atom. The molecule has 2 rings (SSSR count). The molecule has 0 bridgehead atoms.